The van der Waals surface area contributed by atoms with Crippen LogP contribution in [-0.4, -0.2) is 27.7 Å². The highest BCUT2D eigenvalue weighted by Gasteiger charge is 2.26. The molecule has 1 aromatic heterocycles. The molecule has 0 aliphatic carbocycles. The van der Waals surface area contributed by atoms with Crippen molar-refractivity contribution < 1.29 is 0 Å². The zero-order valence-corrected chi connectivity index (χ0v) is 16.7. The van der Waals surface area contributed by atoms with Gasteiger partial charge in [-0.25, -0.2) is 4.98 Å². The molecule has 144 valence electrons. The van der Waals surface area contributed by atoms with E-state index in [2.05, 4.69) is 65.3 Å². The van der Waals surface area contributed by atoms with Crippen molar-refractivity contribution in [1.82, 2.24) is 14.5 Å². The largest absolute Gasteiger partial charge is 0.298 e. The number of aromatic nitrogens is 2. The van der Waals surface area contributed by atoms with Gasteiger partial charge >= 0.3 is 0 Å². The predicted molar refractivity (Wildman–Crippen MR) is 113 cm³/mol. The second-order valence-corrected chi connectivity index (χ2v) is 7.53. The van der Waals surface area contributed by atoms with Crippen molar-refractivity contribution in [2.24, 2.45) is 0 Å². The molecule has 2 heterocycles. The zero-order valence-electron chi connectivity index (χ0n) is 16.7. The number of hydrogen-bond donors (Lipinski definition) is 0. The number of rotatable bonds is 4. The highest BCUT2D eigenvalue weighted by molar-refractivity contribution is 5.58. The van der Waals surface area contributed by atoms with Gasteiger partial charge in [0.1, 0.15) is 0 Å². The molecule has 0 spiro atoms. The highest BCUT2D eigenvalue weighted by Crippen LogP contribution is 2.27. The van der Waals surface area contributed by atoms with Crippen LogP contribution in [0.25, 0.3) is 0 Å². The Kier molecular flexibility index (Phi) is 5.01. The fraction of sp³-hybridized carbons (Fsp3) is 0.304. The van der Waals surface area contributed by atoms with Crippen molar-refractivity contribution in [3.05, 3.63) is 87.3 Å². The van der Waals surface area contributed by atoms with Crippen molar-refractivity contribution in [3.63, 3.8) is 0 Å². The summed E-state index contributed by atoms with van der Waals surface area (Å²) >= 11 is 0. The molecule has 0 unspecified atom stereocenters. The SMILES string of the molecule is Cc1ccc(N2CN(CCc3ccccc3)Cn3c2nc(C)c(C)c3=O)cc1. The van der Waals surface area contributed by atoms with Crippen LogP contribution in [0.5, 0.6) is 0 Å². The Bertz CT molecular complexity index is 1020. The number of aryl methyl sites for hydroxylation is 2. The van der Waals surface area contributed by atoms with Gasteiger partial charge in [0.15, 0.2) is 0 Å². The average Bonchev–Trinajstić information content (AvgIpc) is 2.72. The Balaban J connectivity index is 1.69. The van der Waals surface area contributed by atoms with E-state index in [-0.39, 0.29) is 5.56 Å². The predicted octanol–water partition coefficient (Wildman–Crippen LogP) is 3.78. The topological polar surface area (TPSA) is 41.4 Å². The van der Waals surface area contributed by atoms with Gasteiger partial charge in [0, 0.05) is 23.5 Å². The van der Waals surface area contributed by atoms with Gasteiger partial charge in [-0.3, -0.25) is 19.2 Å². The van der Waals surface area contributed by atoms with Crippen LogP contribution in [0.2, 0.25) is 0 Å². The van der Waals surface area contributed by atoms with Crippen molar-refractivity contribution in [2.75, 3.05) is 18.1 Å². The molecule has 0 bridgehead atoms. The zero-order chi connectivity index (χ0) is 19.7. The van der Waals surface area contributed by atoms with Crippen LogP contribution in [0.4, 0.5) is 11.6 Å². The standard InChI is InChI=1S/C23H26N4O/c1-17-9-11-21(12-10-17)26-15-25(14-13-20-7-5-4-6-8-20)16-27-22(28)18(2)19(3)24-23(26)27/h4-12H,13-16H2,1-3H3. The lowest BCUT2D eigenvalue weighted by molar-refractivity contribution is 0.200. The second kappa shape index (κ2) is 7.60. The molecular weight excluding hydrogens is 348 g/mol. The maximum atomic E-state index is 13.0. The van der Waals surface area contributed by atoms with Crippen LogP contribution >= 0.6 is 0 Å². The summed E-state index contributed by atoms with van der Waals surface area (Å²) in [5.74, 6) is 0.730. The summed E-state index contributed by atoms with van der Waals surface area (Å²) in [4.78, 5) is 22.2. The van der Waals surface area contributed by atoms with Crippen molar-refractivity contribution >= 4 is 11.6 Å². The van der Waals surface area contributed by atoms with Crippen LogP contribution in [0.15, 0.2) is 59.4 Å². The van der Waals surface area contributed by atoms with Gasteiger partial charge in [-0.2, -0.15) is 0 Å². The van der Waals surface area contributed by atoms with E-state index in [0.29, 0.717) is 13.3 Å². The molecular formula is C23H26N4O. The van der Waals surface area contributed by atoms with Gasteiger partial charge < -0.3 is 0 Å². The van der Waals surface area contributed by atoms with Crippen molar-refractivity contribution in [2.45, 2.75) is 33.9 Å². The first kappa shape index (κ1) is 18.4. The first-order chi connectivity index (χ1) is 13.5. The lowest BCUT2D eigenvalue weighted by Gasteiger charge is -2.38. The lowest BCUT2D eigenvalue weighted by Crippen LogP contribution is -2.48. The second-order valence-electron chi connectivity index (χ2n) is 7.53. The third-order valence-electron chi connectivity index (χ3n) is 5.45. The molecule has 0 saturated carbocycles. The van der Waals surface area contributed by atoms with Gasteiger partial charge in [0.05, 0.1) is 13.3 Å². The molecule has 3 aromatic rings. The molecule has 0 N–H and O–H groups in total. The van der Waals surface area contributed by atoms with E-state index in [1.54, 1.807) is 4.57 Å². The highest BCUT2D eigenvalue weighted by atomic mass is 16.1. The van der Waals surface area contributed by atoms with Crippen LogP contribution in [0.1, 0.15) is 22.4 Å². The van der Waals surface area contributed by atoms with Crippen molar-refractivity contribution in [3.8, 4) is 0 Å². The molecule has 0 saturated heterocycles. The van der Waals surface area contributed by atoms with E-state index in [1.165, 1.54) is 11.1 Å². The number of fused-ring (bicyclic) bond motifs is 1. The number of anilines is 2. The van der Waals surface area contributed by atoms with Crippen LogP contribution in [-0.2, 0) is 13.1 Å². The summed E-state index contributed by atoms with van der Waals surface area (Å²) in [6.45, 7) is 8.01. The normalized spacial score (nSPS) is 14.2. The minimum absolute atomic E-state index is 0.0454. The fourth-order valence-electron chi connectivity index (χ4n) is 3.58. The molecule has 0 atom stereocenters. The molecule has 0 radical (unpaired) electrons. The summed E-state index contributed by atoms with van der Waals surface area (Å²) in [7, 11) is 0. The molecule has 0 amide bonds. The van der Waals surface area contributed by atoms with E-state index in [9.17, 15) is 4.79 Å². The average molecular weight is 374 g/mol. The maximum Gasteiger partial charge on any atom is 0.259 e. The molecule has 1 aliphatic rings. The first-order valence-corrected chi connectivity index (χ1v) is 9.71. The molecule has 5 heteroatoms. The van der Waals surface area contributed by atoms with E-state index in [0.717, 1.165) is 35.9 Å². The van der Waals surface area contributed by atoms with E-state index in [1.807, 2.05) is 19.9 Å². The first-order valence-electron chi connectivity index (χ1n) is 9.71. The van der Waals surface area contributed by atoms with Gasteiger partial charge in [-0.1, -0.05) is 48.0 Å². The Morgan fingerprint density at radius 2 is 1.64 bits per heavy atom. The third kappa shape index (κ3) is 3.58. The van der Waals surface area contributed by atoms with Crippen molar-refractivity contribution in [1.29, 1.82) is 0 Å². The van der Waals surface area contributed by atoms with E-state index >= 15 is 0 Å². The fourth-order valence-corrected chi connectivity index (χ4v) is 3.58. The summed E-state index contributed by atoms with van der Waals surface area (Å²) in [5, 5.41) is 0. The third-order valence-corrected chi connectivity index (χ3v) is 5.45. The quantitative estimate of drug-likeness (QED) is 0.697. The summed E-state index contributed by atoms with van der Waals surface area (Å²) < 4.78 is 1.80. The smallest absolute Gasteiger partial charge is 0.259 e. The molecule has 5 nitrogen and oxygen atoms in total. The Labute approximate surface area is 165 Å². The minimum Gasteiger partial charge on any atom is -0.298 e. The Hall–Kier alpha value is -2.92. The lowest BCUT2D eigenvalue weighted by atomic mass is 10.1. The van der Waals surface area contributed by atoms with Gasteiger partial charge in [0.25, 0.3) is 5.56 Å². The molecule has 1 aliphatic heterocycles. The van der Waals surface area contributed by atoms with Crippen LogP contribution in [0.3, 0.4) is 0 Å². The Morgan fingerprint density at radius 1 is 0.929 bits per heavy atom. The molecule has 4 rings (SSSR count). The summed E-state index contributed by atoms with van der Waals surface area (Å²) in [5.41, 5.74) is 5.14. The summed E-state index contributed by atoms with van der Waals surface area (Å²) in [6.07, 6.45) is 0.949. The number of hydrogen-bond acceptors (Lipinski definition) is 4. The van der Waals surface area contributed by atoms with Gasteiger partial charge in [0.2, 0.25) is 5.95 Å². The minimum atomic E-state index is 0.0454. The molecule has 28 heavy (non-hydrogen) atoms. The Morgan fingerprint density at radius 3 is 2.36 bits per heavy atom. The monoisotopic (exact) mass is 374 g/mol. The van der Waals surface area contributed by atoms with Gasteiger partial charge in [-0.05, 0) is 44.9 Å². The number of nitrogens with zero attached hydrogens (tertiary/aromatic N) is 4. The summed E-state index contributed by atoms with van der Waals surface area (Å²) in [6, 6.07) is 18.9. The van der Waals surface area contributed by atoms with Crippen LogP contribution in [0, 0.1) is 20.8 Å². The van der Waals surface area contributed by atoms with E-state index < -0.39 is 0 Å². The molecule has 2 aromatic carbocycles. The number of benzene rings is 2. The van der Waals surface area contributed by atoms with E-state index in [4.69, 9.17) is 4.98 Å². The van der Waals surface area contributed by atoms with Gasteiger partial charge in [-0.15, -0.1) is 0 Å². The maximum absolute atomic E-state index is 13.0. The molecule has 0 fully saturated rings. The van der Waals surface area contributed by atoms with Crippen LogP contribution < -0.4 is 10.5 Å².